The fraction of sp³-hybridized carbons (Fsp3) is 0.200. The Hall–Kier alpha value is -1.63. The van der Waals surface area contributed by atoms with E-state index in [9.17, 15) is 9.59 Å². The Kier molecular flexibility index (Phi) is 4.94. The van der Waals surface area contributed by atoms with Crippen LogP contribution in [0.25, 0.3) is 0 Å². The molecule has 20 heavy (non-hydrogen) atoms. The van der Waals surface area contributed by atoms with Crippen molar-refractivity contribution in [2.75, 3.05) is 0 Å². The lowest BCUT2D eigenvalue weighted by Crippen LogP contribution is -2.17. The van der Waals surface area contributed by atoms with Crippen molar-refractivity contribution >= 4 is 34.3 Å². The van der Waals surface area contributed by atoms with Crippen molar-refractivity contribution in [3.05, 3.63) is 59.9 Å². The van der Waals surface area contributed by atoms with E-state index in [4.69, 9.17) is 5.11 Å². The van der Waals surface area contributed by atoms with E-state index in [1.165, 1.54) is 0 Å². The van der Waals surface area contributed by atoms with Gasteiger partial charge in [-0.25, -0.2) is 0 Å². The monoisotopic (exact) mass is 383 g/mol. The predicted octanol–water partition coefficient (Wildman–Crippen LogP) is 3.00. The van der Waals surface area contributed by atoms with E-state index < -0.39 is 9.89 Å². The zero-order chi connectivity index (χ0) is 14.5. The number of aromatic nitrogens is 1. The van der Waals surface area contributed by atoms with Gasteiger partial charge < -0.3 is 9.67 Å². The van der Waals surface area contributed by atoms with Gasteiger partial charge in [0, 0.05) is 18.3 Å². The number of aryl methyl sites for hydroxylation is 1. The van der Waals surface area contributed by atoms with Crippen LogP contribution in [0.3, 0.4) is 0 Å². The SMILES string of the molecule is O=C(c1ccccc1)c1cccn1CCC(I)C(=O)O. The highest BCUT2D eigenvalue weighted by atomic mass is 127. The van der Waals surface area contributed by atoms with Gasteiger partial charge in [0.05, 0.1) is 5.69 Å². The van der Waals surface area contributed by atoms with Crippen LogP contribution in [0.2, 0.25) is 0 Å². The van der Waals surface area contributed by atoms with E-state index in [1.54, 1.807) is 30.5 Å². The van der Waals surface area contributed by atoms with Crippen molar-refractivity contribution in [1.82, 2.24) is 4.57 Å². The molecule has 4 nitrogen and oxygen atoms in total. The molecule has 0 spiro atoms. The molecule has 0 aliphatic heterocycles. The van der Waals surface area contributed by atoms with Crippen LogP contribution in [-0.2, 0) is 11.3 Å². The molecule has 0 aliphatic rings. The summed E-state index contributed by atoms with van der Waals surface area (Å²) in [5.41, 5.74) is 1.22. The van der Waals surface area contributed by atoms with E-state index in [0.29, 0.717) is 24.2 Å². The van der Waals surface area contributed by atoms with E-state index in [2.05, 4.69) is 0 Å². The fourth-order valence-corrected chi connectivity index (χ4v) is 2.21. The Balaban J connectivity index is 2.13. The molecule has 104 valence electrons. The number of alkyl halides is 1. The molecule has 2 rings (SSSR count). The lowest BCUT2D eigenvalue weighted by Gasteiger charge is -2.10. The molecule has 5 heteroatoms. The van der Waals surface area contributed by atoms with Crippen LogP contribution in [-0.4, -0.2) is 25.4 Å². The van der Waals surface area contributed by atoms with Crippen molar-refractivity contribution in [3.63, 3.8) is 0 Å². The minimum absolute atomic E-state index is 0.0454. The standard InChI is InChI=1S/C15H14INO3/c16-12(15(19)20)8-10-17-9-4-7-13(17)14(18)11-5-2-1-3-6-11/h1-7,9,12H,8,10H2,(H,19,20). The Bertz CT molecular complexity index is 607. The molecule has 1 atom stereocenters. The van der Waals surface area contributed by atoms with Gasteiger partial charge in [-0.05, 0) is 18.6 Å². The maximum atomic E-state index is 12.4. The molecule has 1 N–H and O–H groups in total. The summed E-state index contributed by atoms with van der Waals surface area (Å²) >= 11 is 1.90. The number of hydrogen-bond acceptors (Lipinski definition) is 2. The molecule has 1 unspecified atom stereocenters. The Morgan fingerprint density at radius 2 is 1.85 bits per heavy atom. The van der Waals surface area contributed by atoms with Crippen LogP contribution in [0, 0.1) is 0 Å². The summed E-state index contributed by atoms with van der Waals surface area (Å²) in [4.78, 5) is 23.2. The largest absolute Gasteiger partial charge is 0.480 e. The molecule has 1 aromatic carbocycles. The predicted molar refractivity (Wildman–Crippen MR) is 84.4 cm³/mol. The van der Waals surface area contributed by atoms with Gasteiger partial charge in [-0.1, -0.05) is 52.9 Å². The maximum Gasteiger partial charge on any atom is 0.316 e. The Morgan fingerprint density at radius 1 is 1.15 bits per heavy atom. The van der Waals surface area contributed by atoms with Gasteiger partial charge in [0.2, 0.25) is 5.78 Å². The zero-order valence-corrected chi connectivity index (χ0v) is 12.9. The molecule has 1 aromatic heterocycles. The first-order valence-corrected chi connectivity index (χ1v) is 7.46. The number of ketones is 1. The van der Waals surface area contributed by atoms with Crippen LogP contribution in [0.1, 0.15) is 22.5 Å². The second-order valence-electron chi connectivity index (χ2n) is 4.38. The van der Waals surface area contributed by atoms with E-state index in [-0.39, 0.29) is 5.78 Å². The number of carbonyl (C=O) groups is 2. The normalized spacial score (nSPS) is 12.1. The molecule has 0 radical (unpaired) electrons. The smallest absolute Gasteiger partial charge is 0.316 e. The number of nitrogens with zero attached hydrogens (tertiary/aromatic N) is 1. The lowest BCUT2D eigenvalue weighted by atomic mass is 10.1. The zero-order valence-electron chi connectivity index (χ0n) is 10.7. The quantitative estimate of drug-likeness (QED) is 0.474. The number of carboxylic acid groups (broad SMARTS) is 1. The summed E-state index contributed by atoms with van der Waals surface area (Å²) < 4.78 is 1.36. The second kappa shape index (κ2) is 6.69. The van der Waals surface area contributed by atoms with Crippen LogP contribution in [0.4, 0.5) is 0 Å². The Labute approximate surface area is 130 Å². The van der Waals surface area contributed by atoms with Gasteiger partial charge in [-0.15, -0.1) is 0 Å². The average molecular weight is 383 g/mol. The highest BCUT2D eigenvalue weighted by Gasteiger charge is 2.16. The molecular weight excluding hydrogens is 369 g/mol. The molecule has 0 bridgehead atoms. The average Bonchev–Trinajstić information content (AvgIpc) is 2.93. The number of carbonyl (C=O) groups excluding carboxylic acids is 1. The first kappa shape index (κ1) is 14.8. The molecule has 0 amide bonds. The third-order valence-electron chi connectivity index (χ3n) is 2.99. The van der Waals surface area contributed by atoms with E-state index in [0.717, 1.165) is 0 Å². The minimum atomic E-state index is -0.825. The molecule has 0 saturated heterocycles. The van der Waals surface area contributed by atoms with Crippen LogP contribution < -0.4 is 0 Å². The van der Waals surface area contributed by atoms with Crippen molar-refractivity contribution in [2.45, 2.75) is 16.9 Å². The van der Waals surface area contributed by atoms with Crippen LogP contribution >= 0.6 is 22.6 Å². The highest BCUT2D eigenvalue weighted by Crippen LogP contribution is 2.14. The molecule has 0 fully saturated rings. The molecule has 2 aromatic rings. The second-order valence-corrected chi connectivity index (χ2v) is 5.88. The van der Waals surface area contributed by atoms with Gasteiger partial charge in [0.1, 0.15) is 3.92 Å². The fourth-order valence-electron chi connectivity index (χ4n) is 1.93. The van der Waals surface area contributed by atoms with Crippen molar-refractivity contribution in [1.29, 1.82) is 0 Å². The number of carboxylic acids is 1. The van der Waals surface area contributed by atoms with Gasteiger partial charge in [-0.3, -0.25) is 9.59 Å². The van der Waals surface area contributed by atoms with Crippen LogP contribution in [0.5, 0.6) is 0 Å². The van der Waals surface area contributed by atoms with E-state index in [1.807, 2.05) is 45.4 Å². The summed E-state index contributed by atoms with van der Waals surface area (Å²) in [5, 5.41) is 8.88. The van der Waals surface area contributed by atoms with Gasteiger partial charge in [0.15, 0.2) is 0 Å². The Morgan fingerprint density at radius 3 is 2.50 bits per heavy atom. The molecule has 0 aliphatic carbocycles. The van der Waals surface area contributed by atoms with E-state index >= 15 is 0 Å². The first-order valence-electron chi connectivity index (χ1n) is 6.21. The minimum Gasteiger partial charge on any atom is -0.480 e. The molecule has 1 heterocycles. The molecule has 0 saturated carbocycles. The lowest BCUT2D eigenvalue weighted by molar-refractivity contribution is -0.136. The number of rotatable bonds is 6. The summed E-state index contributed by atoms with van der Waals surface area (Å²) in [6.07, 6.45) is 2.29. The third kappa shape index (κ3) is 3.47. The first-order chi connectivity index (χ1) is 9.59. The van der Waals surface area contributed by atoms with Gasteiger partial charge >= 0.3 is 5.97 Å². The van der Waals surface area contributed by atoms with Crippen molar-refractivity contribution in [2.24, 2.45) is 0 Å². The summed E-state index contributed by atoms with van der Waals surface area (Å²) in [5.74, 6) is -0.871. The summed E-state index contributed by atoms with van der Waals surface area (Å²) in [6.45, 7) is 0.515. The van der Waals surface area contributed by atoms with Gasteiger partial charge in [0.25, 0.3) is 0 Å². The molecular formula is C15H14INO3. The van der Waals surface area contributed by atoms with Crippen molar-refractivity contribution in [3.8, 4) is 0 Å². The highest BCUT2D eigenvalue weighted by molar-refractivity contribution is 14.1. The third-order valence-corrected chi connectivity index (χ3v) is 4.15. The topological polar surface area (TPSA) is 59.3 Å². The summed E-state index contributed by atoms with van der Waals surface area (Å²) in [6, 6.07) is 12.6. The number of halogens is 1. The van der Waals surface area contributed by atoms with Crippen molar-refractivity contribution < 1.29 is 14.7 Å². The number of aliphatic carboxylic acids is 1. The van der Waals surface area contributed by atoms with Crippen LogP contribution in [0.15, 0.2) is 48.7 Å². The maximum absolute atomic E-state index is 12.4. The number of benzene rings is 1. The number of hydrogen-bond donors (Lipinski definition) is 1. The van der Waals surface area contributed by atoms with Gasteiger partial charge in [-0.2, -0.15) is 0 Å². The summed E-state index contributed by atoms with van der Waals surface area (Å²) in [7, 11) is 0.